The largest absolute Gasteiger partial charge is 0.372 e. The van der Waals surface area contributed by atoms with Gasteiger partial charge in [0.1, 0.15) is 0 Å². The summed E-state index contributed by atoms with van der Waals surface area (Å²) in [4.78, 5) is 26.0. The Kier molecular flexibility index (Phi) is 4.53. The lowest BCUT2D eigenvalue weighted by Gasteiger charge is -2.19. The van der Waals surface area contributed by atoms with Gasteiger partial charge in [0.25, 0.3) is 11.6 Å². The normalized spacial score (nSPS) is 14.0. The molecule has 0 saturated carbocycles. The number of rotatable bonds is 4. The SMILES string of the molecule is Cc1cc(N2CCCC2)ccc1NC(=O)c1cc([N+](=O)[O-])c(C)s1. The van der Waals surface area contributed by atoms with Crippen molar-refractivity contribution < 1.29 is 9.72 Å². The zero-order chi connectivity index (χ0) is 17.3. The molecule has 7 heteroatoms. The van der Waals surface area contributed by atoms with Crippen LogP contribution in [-0.2, 0) is 0 Å². The minimum absolute atomic E-state index is 0.00810. The van der Waals surface area contributed by atoms with Gasteiger partial charge in [-0.15, -0.1) is 11.3 Å². The van der Waals surface area contributed by atoms with Crippen LogP contribution < -0.4 is 10.2 Å². The Bertz CT molecular complexity index is 794. The van der Waals surface area contributed by atoms with Gasteiger partial charge in [-0.05, 0) is 50.5 Å². The Morgan fingerprint density at radius 3 is 2.54 bits per heavy atom. The van der Waals surface area contributed by atoms with Crippen LogP contribution in [0.1, 0.15) is 33.0 Å². The van der Waals surface area contributed by atoms with Crippen molar-refractivity contribution in [2.75, 3.05) is 23.3 Å². The van der Waals surface area contributed by atoms with Crippen LogP contribution in [-0.4, -0.2) is 23.9 Å². The highest BCUT2D eigenvalue weighted by Gasteiger charge is 2.20. The molecule has 1 N–H and O–H groups in total. The molecule has 0 spiro atoms. The number of anilines is 2. The minimum atomic E-state index is -0.460. The molecule has 0 aliphatic carbocycles. The maximum atomic E-state index is 12.4. The number of benzene rings is 1. The number of thiophene rings is 1. The molecular weight excluding hydrogens is 326 g/mol. The summed E-state index contributed by atoms with van der Waals surface area (Å²) in [6, 6.07) is 7.32. The van der Waals surface area contributed by atoms with Crippen LogP contribution in [0, 0.1) is 24.0 Å². The first-order chi connectivity index (χ1) is 11.5. The fourth-order valence-corrected chi connectivity index (χ4v) is 3.79. The molecule has 0 bridgehead atoms. The van der Waals surface area contributed by atoms with Gasteiger partial charge in [0.2, 0.25) is 0 Å². The molecule has 1 fully saturated rings. The number of nitrogens with one attached hydrogen (secondary N) is 1. The van der Waals surface area contributed by atoms with Gasteiger partial charge in [-0.2, -0.15) is 0 Å². The van der Waals surface area contributed by atoms with E-state index in [4.69, 9.17) is 0 Å². The summed E-state index contributed by atoms with van der Waals surface area (Å²) in [5.74, 6) is -0.312. The topological polar surface area (TPSA) is 75.5 Å². The van der Waals surface area contributed by atoms with Gasteiger partial charge < -0.3 is 10.2 Å². The second-order valence-corrected chi connectivity index (χ2v) is 7.21. The Morgan fingerprint density at radius 1 is 1.25 bits per heavy atom. The fourth-order valence-electron chi connectivity index (χ4n) is 2.91. The number of hydrogen-bond acceptors (Lipinski definition) is 5. The first kappa shape index (κ1) is 16.4. The molecule has 1 saturated heterocycles. The van der Waals surface area contributed by atoms with Gasteiger partial charge in [0.05, 0.1) is 14.7 Å². The van der Waals surface area contributed by atoms with E-state index < -0.39 is 4.92 Å². The molecule has 1 aromatic carbocycles. The van der Waals surface area contributed by atoms with E-state index in [1.165, 1.54) is 24.6 Å². The van der Waals surface area contributed by atoms with Gasteiger partial charge in [0.15, 0.2) is 0 Å². The Morgan fingerprint density at radius 2 is 1.96 bits per heavy atom. The van der Waals surface area contributed by atoms with Crippen LogP contribution in [0.4, 0.5) is 17.1 Å². The lowest BCUT2D eigenvalue weighted by Crippen LogP contribution is -2.18. The average Bonchev–Trinajstić information content (AvgIpc) is 3.18. The number of nitrogens with zero attached hydrogens (tertiary/aromatic N) is 2. The monoisotopic (exact) mass is 345 g/mol. The number of amides is 1. The third-order valence-electron chi connectivity index (χ3n) is 4.24. The van der Waals surface area contributed by atoms with Crippen LogP contribution in [0.5, 0.6) is 0 Å². The third-order valence-corrected chi connectivity index (χ3v) is 5.28. The van der Waals surface area contributed by atoms with E-state index in [1.807, 2.05) is 19.1 Å². The summed E-state index contributed by atoms with van der Waals surface area (Å²) in [7, 11) is 0. The van der Waals surface area contributed by atoms with E-state index in [2.05, 4.69) is 16.3 Å². The summed E-state index contributed by atoms with van der Waals surface area (Å²) < 4.78 is 0. The van der Waals surface area contributed by atoms with Crippen LogP contribution in [0.3, 0.4) is 0 Å². The summed E-state index contributed by atoms with van der Waals surface area (Å²) in [6.07, 6.45) is 2.43. The Balaban J connectivity index is 1.76. The zero-order valence-corrected chi connectivity index (χ0v) is 14.5. The van der Waals surface area contributed by atoms with Gasteiger partial charge in [-0.3, -0.25) is 14.9 Å². The lowest BCUT2D eigenvalue weighted by atomic mass is 10.1. The van der Waals surface area contributed by atoms with Crippen molar-refractivity contribution in [1.29, 1.82) is 0 Å². The van der Waals surface area contributed by atoms with Crippen LogP contribution in [0.15, 0.2) is 24.3 Å². The summed E-state index contributed by atoms with van der Waals surface area (Å²) >= 11 is 1.14. The molecule has 0 radical (unpaired) electrons. The van der Waals surface area contributed by atoms with Gasteiger partial charge >= 0.3 is 0 Å². The quantitative estimate of drug-likeness (QED) is 0.668. The van der Waals surface area contributed by atoms with Gasteiger partial charge in [-0.1, -0.05) is 0 Å². The highest BCUT2D eigenvalue weighted by atomic mass is 32.1. The first-order valence-electron chi connectivity index (χ1n) is 7.87. The second kappa shape index (κ2) is 6.60. The van der Waals surface area contributed by atoms with Crippen LogP contribution in [0.2, 0.25) is 0 Å². The van der Waals surface area contributed by atoms with Crippen molar-refractivity contribution >= 4 is 34.3 Å². The van der Waals surface area contributed by atoms with Crippen molar-refractivity contribution in [2.24, 2.45) is 0 Å². The zero-order valence-electron chi connectivity index (χ0n) is 13.7. The van der Waals surface area contributed by atoms with Crippen molar-refractivity contribution in [3.63, 3.8) is 0 Å². The van der Waals surface area contributed by atoms with Gasteiger partial charge in [-0.25, -0.2) is 0 Å². The Labute approximate surface area is 144 Å². The smallest absolute Gasteiger partial charge is 0.283 e. The number of hydrogen-bond donors (Lipinski definition) is 1. The van der Waals surface area contributed by atoms with Crippen molar-refractivity contribution in [2.45, 2.75) is 26.7 Å². The molecule has 126 valence electrons. The standard InChI is InChI=1S/C17H19N3O3S/c1-11-9-13(19-7-3-4-8-19)5-6-14(11)18-17(21)16-10-15(20(22)23)12(2)24-16/h5-6,9-10H,3-4,7-8H2,1-2H3,(H,18,21). The molecular formula is C17H19N3O3S. The summed E-state index contributed by atoms with van der Waals surface area (Å²) in [5, 5.41) is 13.8. The van der Waals surface area contributed by atoms with E-state index in [9.17, 15) is 14.9 Å². The number of aryl methyl sites for hydroxylation is 2. The van der Waals surface area contributed by atoms with Crippen LogP contribution in [0.25, 0.3) is 0 Å². The predicted octanol–water partition coefficient (Wildman–Crippen LogP) is 4.13. The summed E-state index contributed by atoms with van der Waals surface area (Å²) in [5.41, 5.74) is 2.88. The van der Waals surface area contributed by atoms with Crippen LogP contribution >= 0.6 is 11.3 Å². The molecule has 0 unspecified atom stereocenters. The molecule has 3 rings (SSSR count). The molecule has 24 heavy (non-hydrogen) atoms. The molecule has 1 amide bonds. The van der Waals surface area contributed by atoms with E-state index in [-0.39, 0.29) is 11.6 Å². The molecule has 1 aliphatic heterocycles. The van der Waals surface area contributed by atoms with Crippen molar-refractivity contribution in [3.8, 4) is 0 Å². The van der Waals surface area contributed by atoms with Gasteiger partial charge in [0, 0.05) is 30.5 Å². The lowest BCUT2D eigenvalue weighted by molar-refractivity contribution is -0.385. The Hall–Kier alpha value is -2.41. The van der Waals surface area contributed by atoms with E-state index in [1.54, 1.807) is 6.92 Å². The summed E-state index contributed by atoms with van der Waals surface area (Å²) in [6.45, 7) is 5.75. The predicted molar refractivity (Wildman–Crippen MR) is 96.3 cm³/mol. The molecule has 2 aromatic rings. The molecule has 6 nitrogen and oxygen atoms in total. The third kappa shape index (κ3) is 3.26. The molecule has 2 heterocycles. The number of carbonyl (C=O) groups excluding carboxylic acids is 1. The van der Waals surface area contributed by atoms with E-state index in [0.29, 0.717) is 9.75 Å². The maximum absolute atomic E-state index is 12.4. The molecule has 1 aliphatic rings. The highest BCUT2D eigenvalue weighted by molar-refractivity contribution is 7.14. The molecule has 0 atom stereocenters. The second-order valence-electron chi connectivity index (χ2n) is 5.96. The average molecular weight is 345 g/mol. The van der Waals surface area contributed by atoms with E-state index in [0.717, 1.165) is 35.7 Å². The first-order valence-corrected chi connectivity index (χ1v) is 8.69. The molecule has 1 aromatic heterocycles. The maximum Gasteiger partial charge on any atom is 0.283 e. The van der Waals surface area contributed by atoms with Crippen molar-refractivity contribution in [3.05, 3.63) is 49.7 Å². The highest BCUT2D eigenvalue weighted by Crippen LogP contribution is 2.30. The number of carbonyl (C=O) groups is 1. The fraction of sp³-hybridized carbons (Fsp3) is 0.353. The minimum Gasteiger partial charge on any atom is -0.372 e. The van der Waals surface area contributed by atoms with Crippen molar-refractivity contribution in [1.82, 2.24) is 0 Å². The number of nitro groups is 1. The van der Waals surface area contributed by atoms with E-state index >= 15 is 0 Å².